The van der Waals surface area contributed by atoms with Gasteiger partial charge in [-0.15, -0.1) is 0 Å². The number of nitrogens with one attached hydrogen (secondary N) is 1. The van der Waals surface area contributed by atoms with Crippen LogP contribution in [0.5, 0.6) is 0 Å². The second kappa shape index (κ2) is 8.31. The summed E-state index contributed by atoms with van der Waals surface area (Å²) in [5.41, 5.74) is -0.425. The van der Waals surface area contributed by atoms with Gasteiger partial charge in [0.2, 0.25) is 0 Å². The topological polar surface area (TPSA) is 65.0 Å². The van der Waals surface area contributed by atoms with Gasteiger partial charge in [0, 0.05) is 45.3 Å². The van der Waals surface area contributed by atoms with E-state index in [0.29, 0.717) is 6.04 Å². The Morgan fingerprint density at radius 3 is 2.30 bits per heavy atom. The van der Waals surface area contributed by atoms with Crippen LogP contribution in [0.15, 0.2) is 0 Å². The van der Waals surface area contributed by atoms with Crippen molar-refractivity contribution in [3.8, 4) is 0 Å². The second-order valence-electron chi connectivity index (χ2n) is 7.77. The van der Waals surface area contributed by atoms with Gasteiger partial charge in [-0.3, -0.25) is 4.90 Å². The number of hydrogen-bond donors (Lipinski definition) is 2. The Morgan fingerprint density at radius 1 is 1.13 bits per heavy atom. The van der Waals surface area contributed by atoms with Crippen LogP contribution in [0.1, 0.15) is 46.5 Å². The van der Waals surface area contributed by atoms with Gasteiger partial charge in [-0.1, -0.05) is 0 Å². The quantitative estimate of drug-likeness (QED) is 0.818. The van der Waals surface area contributed by atoms with Crippen molar-refractivity contribution in [3.05, 3.63) is 0 Å². The van der Waals surface area contributed by atoms with Gasteiger partial charge in [0.05, 0.1) is 6.10 Å². The van der Waals surface area contributed by atoms with Crippen molar-refractivity contribution in [2.45, 2.75) is 64.2 Å². The molecule has 6 nitrogen and oxygen atoms in total. The normalized spacial score (nSPS) is 27.0. The van der Waals surface area contributed by atoms with Crippen LogP contribution in [0.25, 0.3) is 0 Å². The molecule has 1 amide bonds. The lowest BCUT2D eigenvalue weighted by molar-refractivity contribution is 0.0145. The molecule has 1 heterocycles. The standard InChI is InChI=1S/C17H33N3O3/c1-17(2,3)23-16(22)20-12-10-19(11-13-20)9-8-18-14-4-6-15(21)7-5-14/h14-15,18,21H,4-13H2,1-3H3. The monoisotopic (exact) mass is 327 g/mol. The number of nitrogens with zero attached hydrogens (tertiary/aromatic N) is 2. The number of aliphatic hydroxyl groups is 1. The van der Waals surface area contributed by atoms with Gasteiger partial charge < -0.3 is 20.1 Å². The third-order valence-corrected chi connectivity index (χ3v) is 4.58. The van der Waals surface area contributed by atoms with Crippen molar-refractivity contribution in [3.63, 3.8) is 0 Å². The number of piperazine rings is 1. The van der Waals surface area contributed by atoms with Crippen LogP contribution in [-0.4, -0.2) is 78.0 Å². The Hall–Kier alpha value is -0.850. The highest BCUT2D eigenvalue weighted by molar-refractivity contribution is 5.68. The Bertz CT molecular complexity index is 368. The summed E-state index contributed by atoms with van der Waals surface area (Å²) in [6.07, 6.45) is 3.71. The third kappa shape index (κ3) is 6.65. The minimum absolute atomic E-state index is 0.0889. The molecule has 0 aromatic rings. The first kappa shape index (κ1) is 18.5. The number of carbonyl (C=O) groups excluding carboxylic acids is 1. The minimum atomic E-state index is -0.425. The molecular weight excluding hydrogens is 294 g/mol. The first-order chi connectivity index (χ1) is 10.8. The molecule has 0 aromatic heterocycles. The molecule has 1 saturated carbocycles. The summed E-state index contributed by atoms with van der Waals surface area (Å²) in [6, 6.07) is 0.557. The van der Waals surface area contributed by atoms with E-state index < -0.39 is 5.60 Å². The summed E-state index contributed by atoms with van der Waals surface area (Å²) in [7, 11) is 0. The number of hydrogen-bond acceptors (Lipinski definition) is 5. The average Bonchev–Trinajstić information content (AvgIpc) is 2.48. The molecule has 2 fully saturated rings. The molecule has 2 rings (SSSR count). The molecule has 1 saturated heterocycles. The lowest BCUT2D eigenvalue weighted by atomic mass is 9.93. The highest BCUT2D eigenvalue weighted by Gasteiger charge is 2.26. The van der Waals surface area contributed by atoms with E-state index in [1.54, 1.807) is 4.90 Å². The maximum Gasteiger partial charge on any atom is 0.410 e. The van der Waals surface area contributed by atoms with Crippen LogP contribution >= 0.6 is 0 Å². The van der Waals surface area contributed by atoms with Gasteiger partial charge in [-0.2, -0.15) is 0 Å². The zero-order chi connectivity index (χ0) is 16.9. The van der Waals surface area contributed by atoms with Gasteiger partial charge >= 0.3 is 6.09 Å². The Morgan fingerprint density at radius 2 is 1.74 bits per heavy atom. The van der Waals surface area contributed by atoms with Gasteiger partial charge in [-0.25, -0.2) is 4.79 Å². The third-order valence-electron chi connectivity index (χ3n) is 4.58. The molecule has 0 aromatic carbocycles. The zero-order valence-electron chi connectivity index (χ0n) is 14.9. The van der Waals surface area contributed by atoms with E-state index in [2.05, 4.69) is 10.2 Å². The van der Waals surface area contributed by atoms with Crippen molar-refractivity contribution >= 4 is 6.09 Å². The van der Waals surface area contributed by atoms with Gasteiger partial charge in [0.15, 0.2) is 0 Å². The second-order valence-corrected chi connectivity index (χ2v) is 7.77. The summed E-state index contributed by atoms with van der Waals surface area (Å²) in [5.74, 6) is 0. The van der Waals surface area contributed by atoms with Crippen molar-refractivity contribution < 1.29 is 14.6 Å². The van der Waals surface area contributed by atoms with E-state index in [9.17, 15) is 9.90 Å². The molecule has 1 aliphatic carbocycles. The molecular formula is C17H33N3O3. The largest absolute Gasteiger partial charge is 0.444 e. The number of aliphatic hydroxyl groups excluding tert-OH is 1. The Labute approximate surface area is 140 Å². The van der Waals surface area contributed by atoms with Gasteiger partial charge in [0.1, 0.15) is 5.60 Å². The smallest absolute Gasteiger partial charge is 0.410 e. The summed E-state index contributed by atoms with van der Waals surface area (Å²) in [6.45, 7) is 11.0. The minimum Gasteiger partial charge on any atom is -0.444 e. The highest BCUT2D eigenvalue weighted by Crippen LogP contribution is 2.18. The van der Waals surface area contributed by atoms with E-state index in [1.807, 2.05) is 20.8 Å². The lowest BCUT2D eigenvalue weighted by Gasteiger charge is -2.36. The number of rotatable bonds is 4. The van der Waals surface area contributed by atoms with Gasteiger partial charge in [0.25, 0.3) is 0 Å². The SMILES string of the molecule is CC(C)(C)OC(=O)N1CCN(CCNC2CCC(O)CC2)CC1. The Kier molecular flexibility index (Phi) is 6.68. The maximum atomic E-state index is 12.0. The molecule has 1 aliphatic heterocycles. The predicted molar refractivity (Wildman–Crippen MR) is 90.5 cm³/mol. The molecule has 0 radical (unpaired) electrons. The van der Waals surface area contributed by atoms with E-state index >= 15 is 0 Å². The molecule has 2 aliphatic rings. The van der Waals surface area contributed by atoms with Crippen LogP contribution in [0.2, 0.25) is 0 Å². The average molecular weight is 327 g/mol. The molecule has 0 atom stereocenters. The van der Waals surface area contributed by atoms with Gasteiger partial charge in [-0.05, 0) is 46.5 Å². The van der Waals surface area contributed by atoms with E-state index in [4.69, 9.17) is 4.74 Å². The summed E-state index contributed by atoms with van der Waals surface area (Å²) >= 11 is 0. The molecule has 0 bridgehead atoms. The Balaban J connectivity index is 1.59. The van der Waals surface area contributed by atoms with Crippen LogP contribution in [0.3, 0.4) is 0 Å². The highest BCUT2D eigenvalue weighted by atomic mass is 16.6. The fourth-order valence-corrected chi connectivity index (χ4v) is 3.19. The molecule has 0 unspecified atom stereocenters. The maximum absolute atomic E-state index is 12.0. The number of ether oxygens (including phenoxy) is 1. The summed E-state index contributed by atoms with van der Waals surface area (Å²) in [4.78, 5) is 16.2. The van der Waals surface area contributed by atoms with Crippen LogP contribution in [0.4, 0.5) is 4.79 Å². The van der Waals surface area contributed by atoms with Crippen molar-refractivity contribution in [1.82, 2.24) is 15.1 Å². The molecule has 2 N–H and O–H groups in total. The molecule has 23 heavy (non-hydrogen) atoms. The number of carbonyl (C=O) groups is 1. The van der Waals surface area contributed by atoms with Crippen LogP contribution in [-0.2, 0) is 4.74 Å². The molecule has 6 heteroatoms. The predicted octanol–water partition coefficient (Wildman–Crippen LogP) is 1.43. The summed E-state index contributed by atoms with van der Waals surface area (Å²) < 4.78 is 5.42. The van der Waals surface area contributed by atoms with Crippen molar-refractivity contribution in [1.29, 1.82) is 0 Å². The van der Waals surface area contributed by atoms with Crippen molar-refractivity contribution in [2.24, 2.45) is 0 Å². The summed E-state index contributed by atoms with van der Waals surface area (Å²) in [5, 5.41) is 13.1. The fraction of sp³-hybridized carbons (Fsp3) is 0.941. The van der Waals surface area contributed by atoms with E-state index in [1.165, 1.54) is 0 Å². The molecule has 134 valence electrons. The van der Waals surface area contributed by atoms with Crippen LogP contribution in [0, 0.1) is 0 Å². The van der Waals surface area contributed by atoms with E-state index in [-0.39, 0.29) is 12.2 Å². The first-order valence-corrected chi connectivity index (χ1v) is 8.95. The van der Waals surface area contributed by atoms with E-state index in [0.717, 1.165) is 65.0 Å². The first-order valence-electron chi connectivity index (χ1n) is 8.95. The lowest BCUT2D eigenvalue weighted by Crippen LogP contribution is -2.51. The number of amides is 1. The van der Waals surface area contributed by atoms with Crippen molar-refractivity contribution in [2.75, 3.05) is 39.3 Å². The van der Waals surface area contributed by atoms with Crippen LogP contribution < -0.4 is 5.32 Å². The fourth-order valence-electron chi connectivity index (χ4n) is 3.19. The molecule has 0 spiro atoms. The zero-order valence-corrected chi connectivity index (χ0v) is 14.9.